The van der Waals surface area contributed by atoms with E-state index < -0.39 is 5.60 Å². The lowest BCUT2D eigenvalue weighted by molar-refractivity contribution is -0.151. The number of esters is 1. The number of pyridine rings is 1. The molecule has 5 heteroatoms. The fraction of sp³-hybridized carbons (Fsp3) is 0.571. The molecule has 4 nitrogen and oxygen atoms in total. The van der Waals surface area contributed by atoms with Crippen molar-refractivity contribution in [1.82, 2.24) is 4.98 Å². The van der Waals surface area contributed by atoms with Crippen molar-refractivity contribution >= 4 is 23.5 Å². The monoisotopic (exact) mass is 282 g/mol. The Kier molecular flexibility index (Phi) is 6.15. The number of hydrogen-bond acceptors (Lipinski definition) is 5. The number of anilines is 1. The first-order valence-corrected chi connectivity index (χ1v) is 7.54. The zero-order valence-corrected chi connectivity index (χ0v) is 12.8. The molecule has 1 heterocycles. The van der Waals surface area contributed by atoms with Gasteiger partial charge >= 0.3 is 5.97 Å². The van der Waals surface area contributed by atoms with E-state index in [4.69, 9.17) is 4.74 Å². The fourth-order valence-electron chi connectivity index (χ4n) is 1.47. The molecule has 106 valence electrons. The van der Waals surface area contributed by atoms with Crippen LogP contribution in [0, 0.1) is 0 Å². The maximum atomic E-state index is 11.6. The van der Waals surface area contributed by atoms with Crippen LogP contribution in [0.2, 0.25) is 0 Å². The molecule has 0 aliphatic heterocycles. The minimum Gasteiger partial charge on any atom is -0.459 e. The van der Waals surface area contributed by atoms with Crippen molar-refractivity contribution in [2.45, 2.75) is 39.0 Å². The summed E-state index contributed by atoms with van der Waals surface area (Å²) in [6, 6.07) is 3.97. The number of ether oxygens (including phenoxy) is 1. The minimum atomic E-state index is -0.410. The molecule has 0 spiro atoms. The molecule has 1 N–H and O–H groups in total. The summed E-state index contributed by atoms with van der Waals surface area (Å²) in [6.07, 6.45) is 1.78. The molecule has 0 aliphatic carbocycles. The van der Waals surface area contributed by atoms with Crippen LogP contribution in [0.5, 0.6) is 0 Å². The molecular weight excluding hydrogens is 260 g/mol. The molecule has 0 aromatic carbocycles. The van der Waals surface area contributed by atoms with Gasteiger partial charge in [0.1, 0.15) is 11.4 Å². The molecule has 0 bridgehead atoms. The van der Waals surface area contributed by atoms with Crippen molar-refractivity contribution in [1.29, 1.82) is 0 Å². The molecule has 1 aromatic heterocycles. The lowest BCUT2D eigenvalue weighted by Gasteiger charge is -2.19. The molecule has 0 amide bonds. The zero-order valence-electron chi connectivity index (χ0n) is 12.0. The van der Waals surface area contributed by atoms with Crippen LogP contribution in [0.4, 0.5) is 5.82 Å². The van der Waals surface area contributed by atoms with E-state index in [0.29, 0.717) is 5.75 Å². The van der Waals surface area contributed by atoms with E-state index >= 15 is 0 Å². The summed E-state index contributed by atoms with van der Waals surface area (Å²) in [5.41, 5.74) is 0.742. The van der Waals surface area contributed by atoms with Gasteiger partial charge in [0.15, 0.2) is 0 Å². The van der Waals surface area contributed by atoms with Crippen LogP contribution in [-0.4, -0.2) is 28.9 Å². The van der Waals surface area contributed by atoms with Gasteiger partial charge < -0.3 is 10.1 Å². The quantitative estimate of drug-likeness (QED) is 0.813. The molecule has 0 aliphatic rings. The van der Waals surface area contributed by atoms with E-state index in [2.05, 4.69) is 10.3 Å². The Balaban J connectivity index is 2.36. The minimum absolute atomic E-state index is 0.168. The van der Waals surface area contributed by atoms with Gasteiger partial charge in [-0.1, -0.05) is 0 Å². The Bertz CT molecular complexity index is 416. The fourth-order valence-corrected chi connectivity index (χ4v) is 2.21. The predicted octanol–water partition coefficient (Wildman–Crippen LogP) is 3.09. The van der Waals surface area contributed by atoms with Gasteiger partial charge in [0.2, 0.25) is 0 Å². The van der Waals surface area contributed by atoms with E-state index in [1.165, 1.54) is 0 Å². The second-order valence-corrected chi connectivity index (χ2v) is 6.14. The highest BCUT2D eigenvalue weighted by Crippen LogP contribution is 2.16. The summed E-state index contributed by atoms with van der Waals surface area (Å²) in [4.78, 5) is 15.8. The summed E-state index contributed by atoms with van der Waals surface area (Å²) in [5, 5.41) is 3.17. The molecule has 1 aromatic rings. The Hall–Kier alpha value is -1.23. The van der Waals surface area contributed by atoms with Crippen LogP contribution >= 0.6 is 11.8 Å². The summed E-state index contributed by atoms with van der Waals surface area (Å²) in [5.74, 6) is 1.85. The van der Waals surface area contributed by atoms with Crippen molar-refractivity contribution in [2.75, 3.05) is 17.6 Å². The van der Waals surface area contributed by atoms with Gasteiger partial charge in [-0.05, 0) is 45.4 Å². The zero-order chi connectivity index (χ0) is 14.3. The van der Waals surface area contributed by atoms with Gasteiger partial charge in [0.05, 0.1) is 5.75 Å². The number of rotatable bonds is 6. The smallest absolute Gasteiger partial charge is 0.316 e. The second-order valence-electron chi connectivity index (χ2n) is 5.16. The largest absolute Gasteiger partial charge is 0.459 e. The molecule has 0 saturated heterocycles. The van der Waals surface area contributed by atoms with Crippen LogP contribution in [0.3, 0.4) is 0 Å². The summed E-state index contributed by atoms with van der Waals surface area (Å²) < 4.78 is 5.25. The van der Waals surface area contributed by atoms with Crippen molar-refractivity contribution < 1.29 is 9.53 Å². The Labute approximate surface area is 119 Å². The normalized spacial score (nSPS) is 11.2. The molecule has 1 rings (SSSR count). The number of nitrogens with zero attached hydrogens (tertiary/aromatic N) is 1. The standard InChI is InChI=1S/C14H22N2O2S/c1-5-15-12-8-11(6-7-16-12)9-19-10-13(17)18-14(2,3)4/h6-8H,5,9-10H2,1-4H3,(H,15,16). The van der Waals surface area contributed by atoms with Gasteiger partial charge in [-0.2, -0.15) is 0 Å². The summed E-state index contributed by atoms with van der Waals surface area (Å²) >= 11 is 1.55. The third kappa shape index (κ3) is 7.06. The number of thioether (sulfide) groups is 1. The maximum absolute atomic E-state index is 11.6. The molecule has 0 atom stereocenters. The van der Waals surface area contributed by atoms with Gasteiger partial charge in [-0.15, -0.1) is 11.8 Å². The topological polar surface area (TPSA) is 51.2 Å². The van der Waals surface area contributed by atoms with Crippen LogP contribution in [-0.2, 0) is 15.3 Å². The molecule has 0 fully saturated rings. The number of aromatic nitrogens is 1. The molecule has 0 unspecified atom stereocenters. The highest BCUT2D eigenvalue weighted by atomic mass is 32.2. The third-order valence-corrected chi connectivity index (χ3v) is 3.07. The SMILES string of the molecule is CCNc1cc(CSCC(=O)OC(C)(C)C)ccn1. The molecule has 19 heavy (non-hydrogen) atoms. The van der Waals surface area contributed by atoms with Crippen molar-refractivity contribution in [3.63, 3.8) is 0 Å². The Morgan fingerprint density at radius 2 is 2.21 bits per heavy atom. The van der Waals surface area contributed by atoms with Crippen LogP contribution < -0.4 is 5.32 Å². The van der Waals surface area contributed by atoms with E-state index in [9.17, 15) is 4.79 Å². The molecule has 0 radical (unpaired) electrons. The third-order valence-electron chi connectivity index (χ3n) is 2.09. The van der Waals surface area contributed by atoms with Gasteiger partial charge in [0.25, 0.3) is 0 Å². The van der Waals surface area contributed by atoms with E-state index in [1.54, 1.807) is 18.0 Å². The van der Waals surface area contributed by atoms with E-state index in [-0.39, 0.29) is 5.97 Å². The average Bonchev–Trinajstić information content (AvgIpc) is 2.27. The first-order valence-electron chi connectivity index (χ1n) is 6.39. The predicted molar refractivity (Wildman–Crippen MR) is 80.4 cm³/mol. The molecule has 0 saturated carbocycles. The van der Waals surface area contributed by atoms with E-state index in [0.717, 1.165) is 23.7 Å². The van der Waals surface area contributed by atoms with Crippen LogP contribution in [0.15, 0.2) is 18.3 Å². The summed E-state index contributed by atoms with van der Waals surface area (Å²) in [7, 11) is 0. The van der Waals surface area contributed by atoms with Gasteiger partial charge in [-0.3, -0.25) is 4.79 Å². The van der Waals surface area contributed by atoms with Crippen molar-refractivity contribution in [3.05, 3.63) is 23.9 Å². The lowest BCUT2D eigenvalue weighted by atomic mass is 10.2. The van der Waals surface area contributed by atoms with Gasteiger partial charge in [-0.25, -0.2) is 4.98 Å². The van der Waals surface area contributed by atoms with Crippen LogP contribution in [0.25, 0.3) is 0 Å². The Morgan fingerprint density at radius 3 is 2.84 bits per heavy atom. The average molecular weight is 282 g/mol. The summed E-state index contributed by atoms with van der Waals surface area (Å²) in [6.45, 7) is 8.51. The van der Waals surface area contributed by atoms with Crippen molar-refractivity contribution in [3.8, 4) is 0 Å². The number of carbonyl (C=O) groups excluding carboxylic acids is 1. The van der Waals surface area contributed by atoms with Gasteiger partial charge in [0, 0.05) is 18.5 Å². The van der Waals surface area contributed by atoms with Crippen LogP contribution in [0.1, 0.15) is 33.3 Å². The lowest BCUT2D eigenvalue weighted by Crippen LogP contribution is -2.24. The number of nitrogens with one attached hydrogen (secondary N) is 1. The molecular formula is C14H22N2O2S. The first kappa shape index (κ1) is 15.8. The first-order chi connectivity index (χ1) is 8.90. The highest BCUT2D eigenvalue weighted by Gasteiger charge is 2.15. The van der Waals surface area contributed by atoms with Crippen molar-refractivity contribution in [2.24, 2.45) is 0 Å². The number of hydrogen-bond donors (Lipinski definition) is 1. The maximum Gasteiger partial charge on any atom is 0.316 e. The second kappa shape index (κ2) is 7.38. The number of carbonyl (C=O) groups is 1. The van der Waals surface area contributed by atoms with E-state index in [1.807, 2.05) is 39.8 Å². The Morgan fingerprint density at radius 1 is 1.47 bits per heavy atom. The highest BCUT2D eigenvalue weighted by molar-refractivity contribution is 7.99.